The van der Waals surface area contributed by atoms with E-state index >= 15 is 0 Å². The Hall–Kier alpha value is -4.18. The maximum absolute atomic E-state index is 13.7. The molecule has 0 bridgehead atoms. The summed E-state index contributed by atoms with van der Waals surface area (Å²) in [6.07, 6.45) is 1.12. The van der Waals surface area contributed by atoms with Gasteiger partial charge in [-0.1, -0.05) is 24.3 Å². The molecule has 0 saturated heterocycles. The van der Waals surface area contributed by atoms with Gasteiger partial charge in [-0.2, -0.15) is 0 Å². The first-order valence-electron chi connectivity index (χ1n) is 12.3. The lowest BCUT2D eigenvalue weighted by Crippen LogP contribution is -2.50. The number of aromatic hydroxyl groups is 1. The molecule has 5 N–H and O–H groups in total. The van der Waals surface area contributed by atoms with Gasteiger partial charge in [0.15, 0.2) is 0 Å². The molecule has 0 saturated carbocycles. The van der Waals surface area contributed by atoms with E-state index in [0.29, 0.717) is 37.2 Å². The standard InChI is InChI=1S/C28H30N4O5S/c1-2-37-25(34)15-22-14-20-16-32(12-11-24(20)38-22)28(36)23(13-17-3-9-21(33)10-4-17)31-27(35)19-7-5-18(6-8-19)26(29)30/h3-10,14,23,33H,2,11-13,15-16H2,1H3,(H3,29,30)(H,31,35)/t23-/m0/s1. The largest absolute Gasteiger partial charge is 0.508 e. The predicted molar refractivity (Wildman–Crippen MR) is 144 cm³/mol. The van der Waals surface area contributed by atoms with Gasteiger partial charge in [-0.05, 0) is 54.8 Å². The van der Waals surface area contributed by atoms with Crippen LogP contribution in [0.25, 0.3) is 0 Å². The van der Waals surface area contributed by atoms with E-state index in [1.807, 2.05) is 6.07 Å². The number of amides is 2. The molecular weight excluding hydrogens is 504 g/mol. The van der Waals surface area contributed by atoms with E-state index in [0.717, 1.165) is 20.9 Å². The van der Waals surface area contributed by atoms with E-state index in [-0.39, 0.29) is 36.3 Å². The highest BCUT2D eigenvalue weighted by molar-refractivity contribution is 7.12. The first-order chi connectivity index (χ1) is 18.2. The van der Waals surface area contributed by atoms with Crippen molar-refractivity contribution in [3.05, 3.63) is 86.6 Å². The predicted octanol–water partition coefficient (Wildman–Crippen LogP) is 2.77. The van der Waals surface area contributed by atoms with Crippen LogP contribution in [0.5, 0.6) is 5.75 Å². The van der Waals surface area contributed by atoms with Crippen LogP contribution in [0.15, 0.2) is 54.6 Å². The Morgan fingerprint density at radius 2 is 1.82 bits per heavy atom. The molecule has 0 aliphatic carbocycles. The van der Waals surface area contributed by atoms with E-state index in [9.17, 15) is 19.5 Å². The van der Waals surface area contributed by atoms with E-state index in [1.54, 1.807) is 71.7 Å². The Morgan fingerprint density at radius 3 is 2.47 bits per heavy atom. The van der Waals surface area contributed by atoms with E-state index in [4.69, 9.17) is 15.9 Å². The topological polar surface area (TPSA) is 146 Å². The lowest BCUT2D eigenvalue weighted by atomic mass is 10.0. The maximum atomic E-state index is 13.7. The third kappa shape index (κ3) is 6.57. The molecule has 1 aromatic heterocycles. The average Bonchev–Trinajstić information content (AvgIpc) is 3.30. The Balaban J connectivity index is 1.51. The molecule has 2 aromatic carbocycles. The van der Waals surface area contributed by atoms with Gasteiger partial charge in [-0.3, -0.25) is 19.8 Å². The maximum Gasteiger partial charge on any atom is 0.311 e. The lowest BCUT2D eigenvalue weighted by molar-refractivity contribution is -0.142. The molecule has 0 radical (unpaired) electrons. The molecule has 2 heterocycles. The summed E-state index contributed by atoms with van der Waals surface area (Å²) in [6, 6.07) is 14.0. The number of phenolic OH excluding ortho intramolecular Hbond substituents is 1. The van der Waals surface area contributed by atoms with Crippen LogP contribution < -0.4 is 11.1 Å². The number of ether oxygens (including phenoxy) is 1. The number of phenols is 1. The minimum absolute atomic E-state index is 0.0966. The minimum Gasteiger partial charge on any atom is -0.508 e. The summed E-state index contributed by atoms with van der Waals surface area (Å²) in [4.78, 5) is 42.5. The van der Waals surface area contributed by atoms with Crippen molar-refractivity contribution in [2.24, 2.45) is 5.73 Å². The third-order valence-corrected chi connectivity index (χ3v) is 7.53. The van der Waals surface area contributed by atoms with Gasteiger partial charge in [0, 0.05) is 40.4 Å². The van der Waals surface area contributed by atoms with Crippen LogP contribution in [0.1, 0.15) is 43.7 Å². The molecule has 38 heavy (non-hydrogen) atoms. The highest BCUT2D eigenvalue weighted by Crippen LogP contribution is 2.29. The van der Waals surface area contributed by atoms with Crippen molar-refractivity contribution < 1.29 is 24.2 Å². The number of carbonyl (C=O) groups excluding carboxylic acids is 3. The zero-order valence-corrected chi connectivity index (χ0v) is 21.8. The Labute approximate surface area is 224 Å². The Kier molecular flexibility index (Phi) is 8.42. The Bertz CT molecular complexity index is 1330. The van der Waals surface area contributed by atoms with Gasteiger partial charge in [-0.15, -0.1) is 11.3 Å². The molecule has 3 aromatic rings. The lowest BCUT2D eigenvalue weighted by Gasteiger charge is -2.31. The van der Waals surface area contributed by atoms with Gasteiger partial charge in [-0.25, -0.2) is 0 Å². The van der Waals surface area contributed by atoms with Gasteiger partial charge >= 0.3 is 5.97 Å². The molecule has 198 valence electrons. The number of thiophene rings is 1. The number of hydrogen-bond donors (Lipinski definition) is 4. The van der Waals surface area contributed by atoms with Gasteiger partial charge in [0.05, 0.1) is 13.0 Å². The van der Waals surface area contributed by atoms with Crippen molar-refractivity contribution in [3.63, 3.8) is 0 Å². The van der Waals surface area contributed by atoms with Crippen LogP contribution in [0.3, 0.4) is 0 Å². The number of nitrogens with two attached hydrogens (primary N) is 1. The summed E-state index contributed by atoms with van der Waals surface area (Å²) in [5, 5.41) is 20.0. The first-order valence-corrected chi connectivity index (χ1v) is 13.1. The number of nitrogens with zero attached hydrogens (tertiary/aromatic N) is 1. The molecule has 4 rings (SSSR count). The van der Waals surface area contributed by atoms with Crippen molar-refractivity contribution in [3.8, 4) is 5.75 Å². The SMILES string of the molecule is CCOC(=O)Cc1cc2c(s1)CCN(C(=O)[C@H](Cc1ccc(O)cc1)NC(=O)c1ccc(C(=N)N)cc1)C2. The molecule has 1 aliphatic rings. The Morgan fingerprint density at radius 1 is 1.13 bits per heavy atom. The van der Waals surface area contributed by atoms with E-state index in [1.165, 1.54) is 0 Å². The second kappa shape index (κ2) is 11.9. The van der Waals surface area contributed by atoms with Gasteiger partial charge in [0.1, 0.15) is 17.6 Å². The number of hydrogen-bond acceptors (Lipinski definition) is 7. The zero-order chi connectivity index (χ0) is 27.2. The second-order valence-electron chi connectivity index (χ2n) is 9.04. The number of benzene rings is 2. The number of nitrogens with one attached hydrogen (secondary N) is 2. The molecule has 0 spiro atoms. The van der Waals surface area contributed by atoms with Crippen molar-refractivity contribution in [2.45, 2.75) is 38.8 Å². The van der Waals surface area contributed by atoms with E-state index in [2.05, 4.69) is 5.32 Å². The normalized spacial score (nSPS) is 13.3. The van der Waals surface area contributed by atoms with Crippen LogP contribution in [0, 0.1) is 5.41 Å². The van der Waals surface area contributed by atoms with Crippen LogP contribution >= 0.6 is 11.3 Å². The first kappa shape index (κ1) is 26.9. The second-order valence-corrected chi connectivity index (χ2v) is 10.3. The molecule has 0 fully saturated rings. The van der Waals surface area contributed by atoms with Gasteiger partial charge in [0.25, 0.3) is 5.91 Å². The molecule has 9 nitrogen and oxygen atoms in total. The zero-order valence-electron chi connectivity index (χ0n) is 21.0. The molecule has 1 aliphatic heterocycles. The highest BCUT2D eigenvalue weighted by Gasteiger charge is 2.30. The summed E-state index contributed by atoms with van der Waals surface area (Å²) >= 11 is 1.57. The molecule has 10 heteroatoms. The van der Waals surface area contributed by atoms with Crippen LogP contribution in [-0.2, 0) is 40.1 Å². The van der Waals surface area contributed by atoms with Crippen molar-refractivity contribution in [1.82, 2.24) is 10.2 Å². The summed E-state index contributed by atoms with van der Waals surface area (Å²) in [6.45, 7) is 3.00. The van der Waals surface area contributed by atoms with Crippen molar-refractivity contribution in [1.29, 1.82) is 5.41 Å². The van der Waals surface area contributed by atoms with Crippen LogP contribution in [0.2, 0.25) is 0 Å². The summed E-state index contributed by atoms with van der Waals surface area (Å²) in [5.41, 5.74) is 8.15. The summed E-state index contributed by atoms with van der Waals surface area (Å²) in [5.74, 6) is -0.878. The number of fused-ring (bicyclic) bond motifs is 1. The number of amidine groups is 1. The van der Waals surface area contributed by atoms with Gasteiger partial charge < -0.3 is 25.8 Å². The minimum atomic E-state index is -0.835. The fourth-order valence-electron chi connectivity index (χ4n) is 4.36. The summed E-state index contributed by atoms with van der Waals surface area (Å²) in [7, 11) is 0. The number of rotatable bonds is 9. The monoisotopic (exact) mass is 534 g/mol. The smallest absolute Gasteiger partial charge is 0.311 e. The van der Waals surface area contributed by atoms with Crippen LogP contribution in [-0.4, -0.2) is 52.8 Å². The number of esters is 1. The molecule has 1 atom stereocenters. The number of carbonyl (C=O) groups is 3. The van der Waals surface area contributed by atoms with Crippen LogP contribution in [0.4, 0.5) is 0 Å². The molecular formula is C28H30N4O5S. The molecule has 0 unspecified atom stereocenters. The summed E-state index contributed by atoms with van der Waals surface area (Å²) < 4.78 is 5.05. The van der Waals surface area contributed by atoms with Crippen molar-refractivity contribution >= 4 is 35.0 Å². The fourth-order valence-corrected chi connectivity index (χ4v) is 5.51. The van der Waals surface area contributed by atoms with Crippen molar-refractivity contribution in [2.75, 3.05) is 13.2 Å². The fraction of sp³-hybridized carbons (Fsp3) is 0.286. The average molecular weight is 535 g/mol. The number of nitrogen functional groups attached to an aromatic ring is 1. The van der Waals surface area contributed by atoms with E-state index < -0.39 is 11.9 Å². The highest BCUT2D eigenvalue weighted by atomic mass is 32.1. The molecule has 2 amide bonds. The van der Waals surface area contributed by atoms with Gasteiger partial charge in [0.2, 0.25) is 5.91 Å². The third-order valence-electron chi connectivity index (χ3n) is 6.29. The quantitative estimate of drug-likeness (QED) is 0.189.